The number of aliphatic hydroxyl groups is 1. The first-order valence-electron chi connectivity index (χ1n) is 8.83. The Kier molecular flexibility index (Phi) is 4.58. The molecule has 2 heterocycles. The van der Waals surface area contributed by atoms with Gasteiger partial charge in [0.25, 0.3) is 0 Å². The Bertz CT molecular complexity index is 654. The second kappa shape index (κ2) is 6.41. The molecule has 1 N–H and O–H groups in total. The van der Waals surface area contributed by atoms with E-state index in [2.05, 4.69) is 0 Å². The van der Waals surface area contributed by atoms with Crippen LogP contribution < -0.4 is 9.47 Å². The molecular weight excluding hydrogens is 322 g/mol. The number of nitrogens with zero attached hydrogens (tertiary/aromatic N) is 1. The topological polar surface area (TPSA) is 68.2 Å². The van der Waals surface area contributed by atoms with Gasteiger partial charge in [-0.2, -0.15) is 0 Å². The van der Waals surface area contributed by atoms with E-state index in [1.807, 2.05) is 45.9 Å². The fourth-order valence-electron chi connectivity index (χ4n) is 3.45. The number of likely N-dealkylation sites (tertiary alicyclic amines) is 1. The van der Waals surface area contributed by atoms with E-state index >= 15 is 0 Å². The first-order valence-corrected chi connectivity index (χ1v) is 8.83. The molecule has 25 heavy (non-hydrogen) atoms. The molecule has 2 unspecified atom stereocenters. The lowest BCUT2D eigenvalue weighted by Crippen LogP contribution is -2.45. The normalized spacial score (nSPS) is 25.5. The highest BCUT2D eigenvalue weighted by atomic mass is 16.6. The van der Waals surface area contributed by atoms with Gasteiger partial charge in [-0.25, -0.2) is 4.79 Å². The van der Waals surface area contributed by atoms with E-state index in [1.165, 1.54) is 0 Å². The Morgan fingerprint density at radius 3 is 2.88 bits per heavy atom. The van der Waals surface area contributed by atoms with E-state index < -0.39 is 17.3 Å². The van der Waals surface area contributed by atoms with Crippen molar-refractivity contribution in [2.24, 2.45) is 0 Å². The minimum atomic E-state index is -0.613. The maximum Gasteiger partial charge on any atom is 0.410 e. The van der Waals surface area contributed by atoms with E-state index in [9.17, 15) is 9.90 Å². The lowest BCUT2D eigenvalue weighted by Gasteiger charge is -2.38. The number of ether oxygens (including phenoxy) is 3. The van der Waals surface area contributed by atoms with Gasteiger partial charge in [0.1, 0.15) is 22.7 Å². The molecule has 2 aliphatic heterocycles. The fourth-order valence-corrected chi connectivity index (χ4v) is 3.45. The number of amides is 1. The summed E-state index contributed by atoms with van der Waals surface area (Å²) in [4.78, 5) is 14.0. The summed E-state index contributed by atoms with van der Waals surface area (Å²) in [6.07, 6.45) is 0.184. The molecule has 138 valence electrons. The monoisotopic (exact) mass is 349 g/mol. The van der Waals surface area contributed by atoms with Crippen LogP contribution in [0.4, 0.5) is 4.79 Å². The van der Waals surface area contributed by atoms with Crippen molar-refractivity contribution in [3.05, 3.63) is 23.8 Å². The maximum atomic E-state index is 12.3. The molecule has 2 aliphatic rings. The lowest BCUT2D eigenvalue weighted by atomic mass is 9.88. The van der Waals surface area contributed by atoms with Crippen molar-refractivity contribution in [3.8, 4) is 11.5 Å². The average Bonchev–Trinajstić information content (AvgIpc) is 2.89. The van der Waals surface area contributed by atoms with Crippen molar-refractivity contribution in [3.63, 3.8) is 0 Å². The summed E-state index contributed by atoms with van der Waals surface area (Å²) in [7, 11) is 0. The first-order chi connectivity index (χ1) is 11.7. The molecule has 0 bridgehead atoms. The molecule has 3 rings (SSSR count). The van der Waals surface area contributed by atoms with Gasteiger partial charge in [0.05, 0.1) is 19.3 Å². The van der Waals surface area contributed by atoms with Crippen LogP contribution >= 0.6 is 0 Å². The molecule has 0 radical (unpaired) electrons. The molecule has 1 saturated heterocycles. The predicted molar refractivity (Wildman–Crippen MR) is 93.0 cm³/mol. The van der Waals surface area contributed by atoms with Crippen molar-refractivity contribution in [1.82, 2.24) is 4.90 Å². The van der Waals surface area contributed by atoms with Crippen molar-refractivity contribution >= 4 is 6.09 Å². The second-order valence-electron chi connectivity index (χ2n) is 7.79. The van der Waals surface area contributed by atoms with Crippen LogP contribution in [0.3, 0.4) is 0 Å². The smallest absolute Gasteiger partial charge is 0.410 e. The van der Waals surface area contributed by atoms with E-state index in [0.717, 1.165) is 5.56 Å². The zero-order valence-electron chi connectivity index (χ0n) is 15.4. The van der Waals surface area contributed by atoms with Gasteiger partial charge in [0.2, 0.25) is 0 Å². The van der Waals surface area contributed by atoms with Crippen LogP contribution in [-0.2, 0) is 4.74 Å². The van der Waals surface area contributed by atoms with Gasteiger partial charge in [0, 0.05) is 31.0 Å². The number of aliphatic hydroxyl groups excluding tert-OH is 1. The van der Waals surface area contributed by atoms with Crippen molar-refractivity contribution in [2.45, 2.75) is 57.8 Å². The summed E-state index contributed by atoms with van der Waals surface area (Å²) in [5.41, 5.74) is -0.336. The van der Waals surface area contributed by atoms with Gasteiger partial charge in [-0.3, -0.25) is 0 Å². The van der Waals surface area contributed by atoms with Gasteiger partial charge in [-0.15, -0.1) is 0 Å². The maximum absolute atomic E-state index is 12.3. The Morgan fingerprint density at radius 1 is 1.44 bits per heavy atom. The van der Waals surface area contributed by atoms with Crippen LogP contribution in [0.1, 0.15) is 52.2 Å². The largest absolute Gasteiger partial charge is 0.494 e. The number of fused-ring (bicyclic) bond motifs is 1. The number of carbonyl (C=O) groups is 1. The van der Waals surface area contributed by atoms with E-state index in [0.29, 0.717) is 44.0 Å². The molecule has 2 atom stereocenters. The summed E-state index contributed by atoms with van der Waals surface area (Å²) in [5.74, 6) is 1.35. The summed E-state index contributed by atoms with van der Waals surface area (Å²) >= 11 is 0. The van der Waals surface area contributed by atoms with Crippen molar-refractivity contribution in [2.75, 3.05) is 19.7 Å². The summed E-state index contributed by atoms with van der Waals surface area (Å²) in [6, 6.07) is 5.51. The molecule has 6 nitrogen and oxygen atoms in total. The third kappa shape index (κ3) is 3.84. The second-order valence-corrected chi connectivity index (χ2v) is 7.79. The Labute approximate surface area is 148 Å². The molecule has 0 saturated carbocycles. The fraction of sp³-hybridized carbons (Fsp3) is 0.632. The zero-order chi connectivity index (χ0) is 18.2. The van der Waals surface area contributed by atoms with Crippen LogP contribution in [0, 0.1) is 0 Å². The number of rotatable bonds is 2. The van der Waals surface area contributed by atoms with Crippen molar-refractivity contribution < 1.29 is 24.1 Å². The number of benzene rings is 1. The SMILES string of the molecule is CCOc1ccc2c(c1)OC1(CCN(C(=O)OC(C)(C)C)C1)CC2O. The number of hydrogen-bond acceptors (Lipinski definition) is 5. The van der Waals surface area contributed by atoms with Gasteiger partial charge in [0.15, 0.2) is 0 Å². The molecule has 1 amide bonds. The van der Waals surface area contributed by atoms with E-state index in [1.54, 1.807) is 4.90 Å². The number of hydrogen-bond donors (Lipinski definition) is 1. The molecule has 1 fully saturated rings. The van der Waals surface area contributed by atoms with Crippen molar-refractivity contribution in [1.29, 1.82) is 0 Å². The molecule has 1 aromatic carbocycles. The standard InChI is InChI=1S/C19H27NO5/c1-5-23-13-6-7-14-15(21)11-19(24-16(14)10-13)8-9-20(12-19)17(22)25-18(2,3)4/h6-7,10,15,21H,5,8-9,11-12H2,1-4H3. The molecule has 6 heteroatoms. The highest BCUT2D eigenvalue weighted by molar-refractivity contribution is 5.68. The molecule has 0 aliphatic carbocycles. The Morgan fingerprint density at radius 2 is 2.20 bits per heavy atom. The highest BCUT2D eigenvalue weighted by Gasteiger charge is 2.47. The van der Waals surface area contributed by atoms with E-state index in [-0.39, 0.29) is 6.09 Å². The third-order valence-corrected chi connectivity index (χ3v) is 4.51. The van der Waals surface area contributed by atoms with Crippen LogP contribution in [0.2, 0.25) is 0 Å². The zero-order valence-corrected chi connectivity index (χ0v) is 15.4. The van der Waals surface area contributed by atoms with Gasteiger partial charge in [-0.05, 0) is 39.8 Å². The third-order valence-electron chi connectivity index (χ3n) is 4.51. The van der Waals surface area contributed by atoms with Gasteiger partial charge < -0.3 is 24.2 Å². The Balaban J connectivity index is 1.76. The van der Waals surface area contributed by atoms with Crippen LogP contribution in [-0.4, -0.2) is 47.0 Å². The number of carbonyl (C=O) groups excluding carboxylic acids is 1. The van der Waals surface area contributed by atoms with Crippen LogP contribution in [0.5, 0.6) is 11.5 Å². The molecular formula is C19H27NO5. The summed E-state index contributed by atoms with van der Waals surface area (Å²) in [6.45, 7) is 9.01. The van der Waals surface area contributed by atoms with Crippen LogP contribution in [0.15, 0.2) is 18.2 Å². The lowest BCUT2D eigenvalue weighted by molar-refractivity contribution is -0.0133. The first kappa shape index (κ1) is 17.9. The predicted octanol–water partition coefficient (Wildman–Crippen LogP) is 3.28. The molecule has 0 aromatic heterocycles. The van der Waals surface area contributed by atoms with Crippen LogP contribution in [0.25, 0.3) is 0 Å². The molecule has 1 aromatic rings. The molecule has 1 spiro atoms. The minimum Gasteiger partial charge on any atom is -0.494 e. The quantitative estimate of drug-likeness (QED) is 0.887. The highest BCUT2D eigenvalue weighted by Crippen LogP contribution is 2.45. The summed E-state index contributed by atoms with van der Waals surface area (Å²) in [5, 5.41) is 10.6. The minimum absolute atomic E-state index is 0.337. The van der Waals surface area contributed by atoms with Gasteiger partial charge >= 0.3 is 6.09 Å². The van der Waals surface area contributed by atoms with Gasteiger partial charge in [-0.1, -0.05) is 0 Å². The average molecular weight is 349 g/mol. The summed E-state index contributed by atoms with van der Waals surface area (Å²) < 4.78 is 17.2. The Hall–Kier alpha value is -1.95. The van der Waals surface area contributed by atoms with E-state index in [4.69, 9.17) is 14.2 Å².